The van der Waals surface area contributed by atoms with Crippen LogP contribution in [0.2, 0.25) is 0 Å². The van der Waals surface area contributed by atoms with E-state index >= 15 is 0 Å². The minimum atomic E-state index is 0. The van der Waals surface area contributed by atoms with Crippen molar-refractivity contribution in [2.75, 3.05) is 66.8 Å². The van der Waals surface area contributed by atoms with Gasteiger partial charge in [0.25, 0.3) is 0 Å². The van der Waals surface area contributed by atoms with Gasteiger partial charge < -0.3 is 29.7 Å². The third kappa shape index (κ3) is 12.9. The molecule has 0 saturated carbocycles. The summed E-state index contributed by atoms with van der Waals surface area (Å²) >= 11 is 0. The molecule has 168 valence electrons. The van der Waals surface area contributed by atoms with Crippen LogP contribution in [-0.2, 0) is 16.0 Å². The van der Waals surface area contributed by atoms with Gasteiger partial charge in [0.15, 0.2) is 5.96 Å². The molecule has 8 heteroatoms. The van der Waals surface area contributed by atoms with Crippen molar-refractivity contribution in [3.05, 3.63) is 29.8 Å². The summed E-state index contributed by atoms with van der Waals surface area (Å²) in [6.07, 6.45) is 0.912. The second-order valence-electron chi connectivity index (χ2n) is 6.29. The summed E-state index contributed by atoms with van der Waals surface area (Å²) in [6.45, 7) is 11.5. The lowest BCUT2D eigenvalue weighted by molar-refractivity contribution is 0.0698. The number of guanidine groups is 1. The van der Waals surface area contributed by atoms with E-state index in [4.69, 9.17) is 14.2 Å². The Labute approximate surface area is 193 Å². The van der Waals surface area contributed by atoms with Gasteiger partial charge in [-0.2, -0.15) is 0 Å². The van der Waals surface area contributed by atoms with Crippen LogP contribution in [0.15, 0.2) is 29.3 Å². The molecule has 1 aromatic rings. The van der Waals surface area contributed by atoms with Crippen molar-refractivity contribution >= 4 is 29.9 Å². The lowest BCUT2D eigenvalue weighted by Crippen LogP contribution is -2.37. The first-order valence-corrected chi connectivity index (χ1v) is 10.2. The largest absolute Gasteiger partial charge is 0.492 e. The molecule has 0 atom stereocenters. The van der Waals surface area contributed by atoms with Crippen LogP contribution < -0.4 is 15.4 Å². The molecular weight excluding hydrogens is 483 g/mol. The highest BCUT2D eigenvalue weighted by molar-refractivity contribution is 14.0. The predicted molar refractivity (Wildman–Crippen MR) is 131 cm³/mol. The van der Waals surface area contributed by atoms with Crippen molar-refractivity contribution < 1.29 is 14.2 Å². The fourth-order valence-corrected chi connectivity index (χ4v) is 2.64. The Morgan fingerprint density at radius 2 is 1.79 bits per heavy atom. The van der Waals surface area contributed by atoms with Crippen LogP contribution in [0.1, 0.15) is 25.8 Å². The van der Waals surface area contributed by atoms with Crippen molar-refractivity contribution in [1.29, 1.82) is 0 Å². The number of methoxy groups -OCH3 is 1. The number of likely N-dealkylation sites (N-methyl/N-ethyl adjacent to an activating group) is 1. The molecule has 0 spiro atoms. The van der Waals surface area contributed by atoms with E-state index in [1.807, 2.05) is 18.2 Å². The Bertz CT molecular complexity index is 542. The van der Waals surface area contributed by atoms with Gasteiger partial charge in [0.05, 0.1) is 13.2 Å². The minimum Gasteiger partial charge on any atom is -0.492 e. The van der Waals surface area contributed by atoms with E-state index in [1.165, 1.54) is 0 Å². The zero-order valence-electron chi connectivity index (χ0n) is 18.4. The van der Waals surface area contributed by atoms with Gasteiger partial charge in [-0.05, 0) is 25.6 Å². The number of nitrogens with one attached hydrogen (secondary N) is 2. The van der Waals surface area contributed by atoms with Gasteiger partial charge in [0, 0.05) is 46.0 Å². The molecule has 0 aliphatic rings. The summed E-state index contributed by atoms with van der Waals surface area (Å²) in [5.74, 6) is 1.69. The standard InChI is InChI=1S/C21H38N4O3.HI/c1-5-25(6-2)13-15-28-20-11-8-7-10-19(20)18-24-21(22-3)23-12-9-14-27-17-16-26-4;/h7-8,10-11H,5-6,9,12-18H2,1-4H3,(H2,22,23,24);1H. The average Bonchev–Trinajstić information content (AvgIpc) is 2.73. The van der Waals surface area contributed by atoms with E-state index < -0.39 is 0 Å². The van der Waals surface area contributed by atoms with Gasteiger partial charge in [-0.15, -0.1) is 24.0 Å². The summed E-state index contributed by atoms with van der Waals surface area (Å²) in [5, 5.41) is 6.65. The maximum atomic E-state index is 6.01. The van der Waals surface area contributed by atoms with Crippen LogP contribution in [0.5, 0.6) is 5.75 Å². The quantitative estimate of drug-likeness (QED) is 0.160. The maximum absolute atomic E-state index is 6.01. The third-order valence-corrected chi connectivity index (χ3v) is 4.39. The van der Waals surface area contributed by atoms with E-state index in [9.17, 15) is 0 Å². The van der Waals surface area contributed by atoms with Crippen molar-refractivity contribution in [2.24, 2.45) is 4.99 Å². The van der Waals surface area contributed by atoms with Gasteiger partial charge in [-0.25, -0.2) is 0 Å². The van der Waals surface area contributed by atoms with E-state index in [1.54, 1.807) is 14.2 Å². The van der Waals surface area contributed by atoms with E-state index in [-0.39, 0.29) is 24.0 Å². The molecule has 0 heterocycles. The molecule has 0 unspecified atom stereocenters. The highest BCUT2D eigenvalue weighted by Gasteiger charge is 2.06. The molecule has 0 aliphatic carbocycles. The van der Waals surface area contributed by atoms with Gasteiger partial charge in [-0.1, -0.05) is 32.0 Å². The number of ether oxygens (including phenoxy) is 3. The third-order valence-electron chi connectivity index (χ3n) is 4.39. The van der Waals surface area contributed by atoms with E-state index in [0.717, 1.165) is 49.9 Å². The minimum absolute atomic E-state index is 0. The molecule has 0 bridgehead atoms. The van der Waals surface area contributed by atoms with Crippen LogP contribution in [0, 0.1) is 0 Å². The van der Waals surface area contributed by atoms with Gasteiger partial charge >= 0.3 is 0 Å². The van der Waals surface area contributed by atoms with E-state index in [0.29, 0.717) is 33.0 Å². The van der Waals surface area contributed by atoms with Crippen molar-refractivity contribution in [3.63, 3.8) is 0 Å². The Hall–Kier alpha value is -1.10. The summed E-state index contributed by atoms with van der Waals surface area (Å²) in [6, 6.07) is 8.14. The SMILES string of the molecule is CCN(CC)CCOc1ccccc1CNC(=NC)NCCCOCCOC.I. The Morgan fingerprint density at radius 3 is 2.48 bits per heavy atom. The molecule has 7 nitrogen and oxygen atoms in total. The number of halogens is 1. The zero-order valence-corrected chi connectivity index (χ0v) is 20.7. The number of benzene rings is 1. The average molecular weight is 522 g/mol. The number of hydrogen-bond acceptors (Lipinski definition) is 5. The fourth-order valence-electron chi connectivity index (χ4n) is 2.64. The van der Waals surface area contributed by atoms with Crippen molar-refractivity contribution in [2.45, 2.75) is 26.8 Å². The molecule has 1 aromatic carbocycles. The van der Waals surface area contributed by atoms with Crippen LogP contribution in [-0.4, -0.2) is 77.6 Å². The summed E-state index contributed by atoms with van der Waals surface area (Å²) in [7, 11) is 3.45. The molecule has 0 aliphatic heterocycles. The first-order chi connectivity index (χ1) is 13.7. The monoisotopic (exact) mass is 522 g/mol. The summed E-state index contributed by atoms with van der Waals surface area (Å²) in [5.41, 5.74) is 1.12. The van der Waals surface area contributed by atoms with Crippen molar-refractivity contribution in [3.8, 4) is 5.75 Å². The second kappa shape index (κ2) is 18.9. The van der Waals surface area contributed by atoms with Crippen LogP contribution in [0.4, 0.5) is 0 Å². The molecule has 0 amide bonds. The Kier molecular flexibility index (Phi) is 18.2. The van der Waals surface area contributed by atoms with Crippen molar-refractivity contribution in [1.82, 2.24) is 15.5 Å². The number of nitrogens with zero attached hydrogens (tertiary/aromatic N) is 2. The van der Waals surface area contributed by atoms with Gasteiger partial charge in [0.2, 0.25) is 0 Å². The highest BCUT2D eigenvalue weighted by atomic mass is 127. The van der Waals surface area contributed by atoms with Crippen LogP contribution >= 0.6 is 24.0 Å². The van der Waals surface area contributed by atoms with Gasteiger partial charge in [0.1, 0.15) is 12.4 Å². The molecule has 1 rings (SSSR count). The normalized spacial score (nSPS) is 11.3. The first-order valence-electron chi connectivity index (χ1n) is 10.2. The number of aliphatic imine (C=N–C) groups is 1. The lowest BCUT2D eigenvalue weighted by Gasteiger charge is -2.19. The second-order valence-corrected chi connectivity index (χ2v) is 6.29. The number of rotatable bonds is 15. The molecule has 2 N–H and O–H groups in total. The first kappa shape index (κ1) is 27.9. The molecule has 0 aromatic heterocycles. The zero-order chi connectivity index (χ0) is 20.5. The highest BCUT2D eigenvalue weighted by Crippen LogP contribution is 2.17. The molecule has 0 fully saturated rings. The number of para-hydroxylation sites is 1. The van der Waals surface area contributed by atoms with Crippen LogP contribution in [0.25, 0.3) is 0 Å². The summed E-state index contributed by atoms with van der Waals surface area (Å²) < 4.78 is 16.4. The Morgan fingerprint density at radius 1 is 1.03 bits per heavy atom. The predicted octanol–water partition coefficient (Wildman–Crippen LogP) is 2.74. The number of hydrogen-bond donors (Lipinski definition) is 2. The van der Waals surface area contributed by atoms with E-state index in [2.05, 4.69) is 40.4 Å². The maximum Gasteiger partial charge on any atom is 0.191 e. The molecule has 0 radical (unpaired) electrons. The topological polar surface area (TPSA) is 67.4 Å². The Balaban J connectivity index is 0.00000784. The van der Waals surface area contributed by atoms with Gasteiger partial charge in [-0.3, -0.25) is 4.99 Å². The molecular formula is C21H39IN4O3. The fraction of sp³-hybridized carbons (Fsp3) is 0.667. The van der Waals surface area contributed by atoms with Crippen LogP contribution in [0.3, 0.4) is 0 Å². The lowest BCUT2D eigenvalue weighted by atomic mass is 10.2. The smallest absolute Gasteiger partial charge is 0.191 e. The molecule has 0 saturated heterocycles. The summed E-state index contributed by atoms with van der Waals surface area (Å²) in [4.78, 5) is 6.63. The molecule has 29 heavy (non-hydrogen) atoms.